The van der Waals surface area contributed by atoms with E-state index >= 15 is 0 Å². The van der Waals surface area contributed by atoms with Crippen LogP contribution in [0.2, 0.25) is 0 Å². The highest BCUT2D eigenvalue weighted by molar-refractivity contribution is 6.28. The maximum Gasteiger partial charge on any atom is 0.417 e. The Morgan fingerprint density at radius 3 is 2.46 bits per heavy atom. The molecular weight excluding hydrogens is 519 g/mol. The minimum atomic E-state index is -4.81. The molecular formula is C27H30F3N3O6. The van der Waals surface area contributed by atoms with E-state index in [0.717, 1.165) is 6.07 Å². The third kappa shape index (κ3) is 4.03. The second-order valence-electron chi connectivity index (χ2n) is 10.8. The van der Waals surface area contributed by atoms with Crippen LogP contribution >= 0.6 is 0 Å². The second-order valence-corrected chi connectivity index (χ2v) is 10.8. The molecule has 1 aromatic carbocycles. The van der Waals surface area contributed by atoms with Crippen molar-refractivity contribution >= 4 is 23.2 Å². The number of nitrogens with one attached hydrogen (secondary N) is 1. The quantitative estimate of drug-likeness (QED) is 0.284. The van der Waals surface area contributed by atoms with Gasteiger partial charge in [-0.1, -0.05) is 6.92 Å². The number of amides is 1. The molecule has 210 valence electrons. The standard InChI is InChI=1S/C27H30F3N3O6/c1-3-33(2)21-13-8-10-7-12-17(15(34)9-11(14-5-4-6-32-14)20(12)27(28,29)30)22(35)16(10)23(36)18(13)24(37)19(25(21)38)26(31)39/h9-10,13-14,18,21,32,34-35,38H,3-8H2,1-2H3,(H2,31,39)/t10?,13?,14?,18?,21-/m0/s1. The summed E-state index contributed by atoms with van der Waals surface area (Å²) in [7, 11) is 1.62. The second kappa shape index (κ2) is 9.37. The first-order chi connectivity index (χ1) is 18.3. The van der Waals surface area contributed by atoms with Crippen molar-refractivity contribution in [2.45, 2.75) is 50.9 Å². The van der Waals surface area contributed by atoms with Gasteiger partial charge in [-0.25, -0.2) is 0 Å². The van der Waals surface area contributed by atoms with E-state index in [9.17, 15) is 42.9 Å². The molecule has 39 heavy (non-hydrogen) atoms. The number of aliphatic hydroxyl groups excluding tert-OH is 2. The molecule has 2 fully saturated rings. The van der Waals surface area contributed by atoms with E-state index in [-0.39, 0.29) is 29.5 Å². The minimum Gasteiger partial charge on any atom is -0.510 e. The van der Waals surface area contributed by atoms with E-state index in [0.29, 0.717) is 25.9 Å². The van der Waals surface area contributed by atoms with Crippen molar-refractivity contribution in [1.29, 1.82) is 0 Å². The molecule has 0 bridgehead atoms. The lowest BCUT2D eigenvalue weighted by Gasteiger charge is -2.46. The Kier molecular flexibility index (Phi) is 6.53. The number of nitrogens with two attached hydrogens (primary N) is 1. The van der Waals surface area contributed by atoms with Crippen LogP contribution in [-0.4, -0.2) is 63.9 Å². The number of phenols is 1. The molecule has 4 aliphatic rings. The van der Waals surface area contributed by atoms with Crippen molar-refractivity contribution in [3.8, 4) is 5.75 Å². The van der Waals surface area contributed by atoms with Crippen molar-refractivity contribution in [3.05, 3.63) is 45.2 Å². The molecule has 1 saturated heterocycles. The number of ketones is 2. The largest absolute Gasteiger partial charge is 0.510 e. The van der Waals surface area contributed by atoms with E-state index in [2.05, 4.69) is 5.32 Å². The average Bonchev–Trinajstić information content (AvgIpc) is 3.37. The van der Waals surface area contributed by atoms with Crippen LogP contribution in [0.4, 0.5) is 13.2 Å². The molecule has 1 aromatic rings. The molecule has 6 N–H and O–H groups in total. The Morgan fingerprint density at radius 1 is 1.21 bits per heavy atom. The van der Waals surface area contributed by atoms with Crippen LogP contribution in [0.15, 0.2) is 23.0 Å². The number of fused-ring (bicyclic) bond motifs is 3. The van der Waals surface area contributed by atoms with E-state index in [4.69, 9.17) is 5.73 Å². The summed E-state index contributed by atoms with van der Waals surface area (Å²) in [4.78, 5) is 40.8. The molecule has 12 heteroatoms. The highest BCUT2D eigenvalue weighted by atomic mass is 19.4. The number of carbonyl (C=O) groups excluding carboxylic acids is 3. The lowest BCUT2D eigenvalue weighted by molar-refractivity contribution is -0.139. The topological polar surface area (TPSA) is 153 Å². The highest BCUT2D eigenvalue weighted by Crippen LogP contribution is 2.53. The van der Waals surface area contributed by atoms with Crippen molar-refractivity contribution in [3.63, 3.8) is 0 Å². The van der Waals surface area contributed by atoms with Gasteiger partial charge in [-0.3, -0.25) is 19.3 Å². The number of hydrogen-bond donors (Lipinski definition) is 5. The zero-order chi connectivity index (χ0) is 28.5. The number of rotatable bonds is 4. The number of aromatic hydroxyl groups is 1. The zero-order valence-electron chi connectivity index (χ0n) is 21.4. The van der Waals surface area contributed by atoms with Gasteiger partial charge in [0.25, 0.3) is 5.91 Å². The van der Waals surface area contributed by atoms with Crippen LogP contribution in [0.1, 0.15) is 54.5 Å². The number of likely N-dealkylation sites (N-methyl/N-ethyl adjacent to an activating group) is 1. The van der Waals surface area contributed by atoms with Gasteiger partial charge in [0.2, 0.25) is 0 Å². The third-order valence-electron chi connectivity index (χ3n) is 8.73. The number of hydrogen-bond acceptors (Lipinski definition) is 8. The molecule has 4 unspecified atom stereocenters. The van der Waals surface area contributed by atoms with Gasteiger partial charge in [0.1, 0.15) is 22.8 Å². The molecule has 1 saturated carbocycles. The summed E-state index contributed by atoms with van der Waals surface area (Å²) in [5.41, 5.74) is 2.59. The molecule has 5 atom stereocenters. The fourth-order valence-corrected chi connectivity index (χ4v) is 7.03. The van der Waals surface area contributed by atoms with Crippen molar-refractivity contribution < 1.29 is 42.9 Å². The molecule has 0 spiro atoms. The van der Waals surface area contributed by atoms with Gasteiger partial charge >= 0.3 is 6.18 Å². The van der Waals surface area contributed by atoms with Gasteiger partial charge in [0.15, 0.2) is 11.6 Å². The highest BCUT2D eigenvalue weighted by Gasteiger charge is 2.56. The van der Waals surface area contributed by atoms with Gasteiger partial charge in [-0.05, 0) is 74.8 Å². The molecule has 9 nitrogen and oxygen atoms in total. The van der Waals surface area contributed by atoms with Gasteiger partial charge < -0.3 is 26.4 Å². The predicted molar refractivity (Wildman–Crippen MR) is 132 cm³/mol. The summed E-state index contributed by atoms with van der Waals surface area (Å²) in [5, 5.41) is 36.0. The number of benzene rings is 1. The first kappa shape index (κ1) is 27.2. The normalized spacial score (nSPS) is 29.0. The lowest BCUT2D eigenvalue weighted by atomic mass is 9.59. The number of Topliss-reactive ketones (excluding diaryl/α,β-unsaturated/α-hetero) is 2. The molecule has 1 aliphatic heterocycles. The summed E-state index contributed by atoms with van der Waals surface area (Å²) in [6.45, 7) is 2.65. The van der Waals surface area contributed by atoms with E-state index in [1.54, 1.807) is 18.9 Å². The maximum atomic E-state index is 14.5. The van der Waals surface area contributed by atoms with Crippen LogP contribution in [0.25, 0.3) is 5.76 Å². The number of phenolic OH excluding ortho intramolecular Hbond substituents is 1. The first-order valence-corrected chi connectivity index (χ1v) is 12.9. The Labute approximate surface area is 222 Å². The average molecular weight is 550 g/mol. The first-order valence-electron chi connectivity index (χ1n) is 12.9. The Morgan fingerprint density at radius 2 is 1.90 bits per heavy atom. The van der Waals surface area contributed by atoms with Gasteiger partial charge in [-0.15, -0.1) is 0 Å². The zero-order valence-corrected chi connectivity index (χ0v) is 21.4. The van der Waals surface area contributed by atoms with E-state index in [1.807, 2.05) is 0 Å². The lowest BCUT2D eigenvalue weighted by Crippen LogP contribution is -2.56. The maximum absolute atomic E-state index is 14.5. The minimum absolute atomic E-state index is 0.0178. The fraction of sp³-hybridized carbons (Fsp3) is 0.519. The molecule has 0 aromatic heterocycles. The smallest absolute Gasteiger partial charge is 0.417 e. The van der Waals surface area contributed by atoms with Crippen LogP contribution in [0.3, 0.4) is 0 Å². The number of allylic oxidation sites excluding steroid dienone is 1. The fourth-order valence-electron chi connectivity index (χ4n) is 7.03. The summed E-state index contributed by atoms with van der Waals surface area (Å²) < 4.78 is 43.6. The number of alkyl halides is 3. The van der Waals surface area contributed by atoms with Crippen LogP contribution < -0.4 is 11.1 Å². The van der Waals surface area contributed by atoms with Crippen LogP contribution in [-0.2, 0) is 27.0 Å². The number of carbonyl (C=O) groups is 3. The van der Waals surface area contributed by atoms with Gasteiger partial charge in [0.05, 0.1) is 23.1 Å². The summed E-state index contributed by atoms with van der Waals surface area (Å²) in [6.07, 6.45) is -4.02. The Balaban J connectivity index is 1.70. The number of nitrogens with zero attached hydrogens (tertiary/aromatic N) is 1. The van der Waals surface area contributed by atoms with Crippen LogP contribution in [0.5, 0.6) is 5.75 Å². The number of primary amides is 1. The Hall–Kier alpha value is -3.38. The van der Waals surface area contributed by atoms with E-state index < -0.39 is 87.5 Å². The van der Waals surface area contributed by atoms with Crippen molar-refractivity contribution in [2.24, 2.45) is 23.5 Å². The molecule has 1 heterocycles. The Bertz CT molecular complexity index is 1340. The third-order valence-corrected chi connectivity index (χ3v) is 8.73. The molecule has 3 aliphatic carbocycles. The molecule has 1 amide bonds. The summed E-state index contributed by atoms with van der Waals surface area (Å²) in [6, 6.07) is -0.601. The molecule has 5 rings (SSSR count). The molecule has 0 radical (unpaired) electrons. The summed E-state index contributed by atoms with van der Waals surface area (Å²) >= 11 is 0. The monoisotopic (exact) mass is 549 g/mol. The van der Waals surface area contributed by atoms with Gasteiger partial charge in [-0.2, -0.15) is 13.2 Å². The SMILES string of the molecule is CCN(C)[C@@H]1C(O)=C(C(N)=O)C(=O)C2C(=O)C3=C(O)c4c(O)cc(C5CCCN5)c(C(F)(F)F)c4CC3CC21. The van der Waals surface area contributed by atoms with Gasteiger partial charge in [0, 0.05) is 11.6 Å². The number of halogens is 3. The number of aliphatic hydroxyl groups is 2. The predicted octanol–water partition coefficient (Wildman–Crippen LogP) is 2.68. The van der Waals surface area contributed by atoms with Crippen molar-refractivity contribution in [2.75, 3.05) is 20.1 Å². The van der Waals surface area contributed by atoms with Crippen molar-refractivity contribution in [1.82, 2.24) is 10.2 Å². The van der Waals surface area contributed by atoms with Crippen LogP contribution in [0, 0.1) is 17.8 Å². The summed E-state index contributed by atoms with van der Waals surface area (Å²) in [5.74, 6) is -8.24. The van der Waals surface area contributed by atoms with E-state index in [1.165, 1.54) is 0 Å².